The molecule has 0 saturated heterocycles. The van der Waals surface area contributed by atoms with Gasteiger partial charge in [0.2, 0.25) is 5.56 Å². The van der Waals surface area contributed by atoms with Crippen LogP contribution in [-0.4, -0.2) is 9.97 Å². The van der Waals surface area contributed by atoms with Crippen LogP contribution in [0, 0.1) is 0 Å². The van der Waals surface area contributed by atoms with Crippen molar-refractivity contribution in [2.24, 2.45) is 0 Å². The van der Waals surface area contributed by atoms with E-state index in [2.05, 4.69) is 9.97 Å². The highest BCUT2D eigenvalue weighted by molar-refractivity contribution is 5.80. The topological polar surface area (TPSA) is 45.8 Å². The van der Waals surface area contributed by atoms with E-state index < -0.39 is 11.7 Å². The number of halogens is 3. The lowest BCUT2D eigenvalue weighted by Gasteiger charge is -2.09. The molecule has 0 bridgehead atoms. The van der Waals surface area contributed by atoms with Gasteiger partial charge in [0.25, 0.3) is 0 Å². The summed E-state index contributed by atoms with van der Waals surface area (Å²) >= 11 is 0. The average molecular weight is 290 g/mol. The predicted octanol–water partition coefficient (Wildman–Crippen LogP) is 3.61. The lowest BCUT2D eigenvalue weighted by Crippen LogP contribution is -2.05. The van der Waals surface area contributed by atoms with E-state index in [1.165, 1.54) is 18.3 Å². The van der Waals surface area contributed by atoms with Crippen molar-refractivity contribution in [3.8, 4) is 11.1 Å². The molecule has 1 N–H and O–H groups in total. The summed E-state index contributed by atoms with van der Waals surface area (Å²) in [4.78, 5) is 17.8. The third kappa shape index (κ3) is 2.65. The number of pyridine rings is 2. The first-order valence-corrected chi connectivity index (χ1v) is 6.10. The summed E-state index contributed by atoms with van der Waals surface area (Å²) in [6, 6.07) is 9.66. The summed E-state index contributed by atoms with van der Waals surface area (Å²) in [7, 11) is 0. The molecule has 2 aromatic heterocycles. The van der Waals surface area contributed by atoms with E-state index in [9.17, 15) is 18.0 Å². The molecule has 0 saturated carbocycles. The molecule has 0 aliphatic carbocycles. The molecule has 3 aromatic rings. The zero-order valence-corrected chi connectivity index (χ0v) is 10.6. The highest BCUT2D eigenvalue weighted by Crippen LogP contribution is 2.32. The van der Waals surface area contributed by atoms with Gasteiger partial charge in [-0.05, 0) is 29.8 Å². The number of rotatable bonds is 1. The van der Waals surface area contributed by atoms with Gasteiger partial charge in [-0.3, -0.25) is 4.79 Å². The van der Waals surface area contributed by atoms with Crippen molar-refractivity contribution in [3.63, 3.8) is 0 Å². The number of aromatic nitrogens is 2. The van der Waals surface area contributed by atoms with Gasteiger partial charge in [-0.2, -0.15) is 13.2 Å². The Labute approximate surface area is 117 Å². The molecule has 0 aliphatic rings. The molecule has 0 radical (unpaired) electrons. The Morgan fingerprint density at radius 1 is 1.00 bits per heavy atom. The second kappa shape index (κ2) is 4.73. The number of nitrogens with zero attached hydrogens (tertiary/aromatic N) is 1. The van der Waals surface area contributed by atoms with Crippen LogP contribution in [0.2, 0.25) is 0 Å². The standard InChI is InChI=1S/C15H9F3N2O/c16-15(17,18)12-3-1-2-9(7-12)11-6-10-4-5-13(21)20-14(10)19-8-11/h1-8H,(H,19,20,21). The predicted molar refractivity (Wildman–Crippen MR) is 72.8 cm³/mol. The van der Waals surface area contributed by atoms with Crippen LogP contribution in [0.25, 0.3) is 22.2 Å². The van der Waals surface area contributed by atoms with E-state index in [4.69, 9.17) is 0 Å². The molecule has 6 heteroatoms. The Balaban J connectivity index is 2.12. The first kappa shape index (κ1) is 13.4. The van der Waals surface area contributed by atoms with Gasteiger partial charge < -0.3 is 4.98 Å². The van der Waals surface area contributed by atoms with Crippen molar-refractivity contribution in [2.75, 3.05) is 0 Å². The fraction of sp³-hybridized carbons (Fsp3) is 0.0667. The number of benzene rings is 1. The summed E-state index contributed by atoms with van der Waals surface area (Å²) in [6.07, 6.45) is -2.95. The Bertz CT molecular complexity index is 868. The fourth-order valence-electron chi connectivity index (χ4n) is 2.07. The molecule has 1 aromatic carbocycles. The van der Waals surface area contributed by atoms with Crippen LogP contribution in [0.15, 0.2) is 53.5 Å². The lowest BCUT2D eigenvalue weighted by molar-refractivity contribution is -0.137. The van der Waals surface area contributed by atoms with Crippen molar-refractivity contribution in [2.45, 2.75) is 6.18 Å². The average Bonchev–Trinajstić information content (AvgIpc) is 2.46. The smallest absolute Gasteiger partial charge is 0.307 e. The third-order valence-electron chi connectivity index (χ3n) is 3.10. The third-order valence-corrected chi connectivity index (χ3v) is 3.10. The highest BCUT2D eigenvalue weighted by atomic mass is 19.4. The van der Waals surface area contributed by atoms with Crippen LogP contribution in [0.4, 0.5) is 13.2 Å². The van der Waals surface area contributed by atoms with Crippen molar-refractivity contribution < 1.29 is 13.2 Å². The van der Waals surface area contributed by atoms with Gasteiger partial charge in [-0.15, -0.1) is 0 Å². The van der Waals surface area contributed by atoms with Crippen LogP contribution >= 0.6 is 0 Å². The Morgan fingerprint density at radius 2 is 1.81 bits per heavy atom. The maximum Gasteiger partial charge on any atom is 0.416 e. The van der Waals surface area contributed by atoms with Crippen molar-refractivity contribution in [3.05, 3.63) is 64.6 Å². The summed E-state index contributed by atoms with van der Waals surface area (Å²) in [5, 5.41) is 0.657. The van der Waals surface area contributed by atoms with Crippen LogP contribution in [0.3, 0.4) is 0 Å². The quantitative estimate of drug-likeness (QED) is 0.744. The number of nitrogens with one attached hydrogen (secondary N) is 1. The van der Waals surface area contributed by atoms with E-state index in [1.807, 2.05) is 0 Å². The number of H-pyrrole nitrogens is 1. The molecule has 0 fully saturated rings. The summed E-state index contributed by atoms with van der Waals surface area (Å²) in [5.74, 6) is 0. The number of fused-ring (bicyclic) bond motifs is 1. The minimum absolute atomic E-state index is 0.276. The first-order chi connectivity index (χ1) is 9.93. The molecule has 0 amide bonds. The molecule has 0 spiro atoms. The van der Waals surface area contributed by atoms with E-state index in [1.54, 1.807) is 18.2 Å². The molecule has 3 rings (SSSR count). The van der Waals surface area contributed by atoms with E-state index >= 15 is 0 Å². The van der Waals surface area contributed by atoms with Gasteiger partial charge >= 0.3 is 6.18 Å². The van der Waals surface area contributed by atoms with Crippen LogP contribution < -0.4 is 5.56 Å². The van der Waals surface area contributed by atoms with E-state index in [-0.39, 0.29) is 5.56 Å². The number of hydrogen-bond donors (Lipinski definition) is 1. The van der Waals surface area contributed by atoms with E-state index in [0.717, 1.165) is 12.1 Å². The molecule has 2 heterocycles. The SMILES string of the molecule is O=c1ccc2cc(-c3cccc(C(F)(F)F)c3)cnc2[nH]1. The van der Waals surface area contributed by atoms with Crippen LogP contribution in [0.1, 0.15) is 5.56 Å². The molecular weight excluding hydrogens is 281 g/mol. The van der Waals surface area contributed by atoms with Gasteiger partial charge in [-0.25, -0.2) is 4.98 Å². The molecular formula is C15H9F3N2O. The van der Waals surface area contributed by atoms with Crippen LogP contribution in [0.5, 0.6) is 0 Å². The van der Waals surface area contributed by atoms with Crippen molar-refractivity contribution >= 4 is 11.0 Å². The number of aromatic amines is 1. The van der Waals surface area contributed by atoms with Gasteiger partial charge in [0.1, 0.15) is 5.65 Å². The zero-order valence-electron chi connectivity index (χ0n) is 10.6. The summed E-state index contributed by atoms with van der Waals surface area (Å²) in [5.41, 5.74) is 0.396. The molecule has 0 aliphatic heterocycles. The Kier molecular flexibility index (Phi) is 3.01. The molecule has 0 atom stereocenters. The number of hydrogen-bond acceptors (Lipinski definition) is 2. The molecule has 106 valence electrons. The summed E-state index contributed by atoms with van der Waals surface area (Å²) in [6.45, 7) is 0. The second-order valence-corrected chi connectivity index (χ2v) is 4.56. The molecule has 21 heavy (non-hydrogen) atoms. The monoisotopic (exact) mass is 290 g/mol. The maximum atomic E-state index is 12.7. The molecule has 3 nitrogen and oxygen atoms in total. The lowest BCUT2D eigenvalue weighted by atomic mass is 10.0. The second-order valence-electron chi connectivity index (χ2n) is 4.56. The largest absolute Gasteiger partial charge is 0.416 e. The van der Waals surface area contributed by atoms with E-state index in [0.29, 0.717) is 22.2 Å². The van der Waals surface area contributed by atoms with Gasteiger partial charge in [0, 0.05) is 23.2 Å². The van der Waals surface area contributed by atoms with Crippen molar-refractivity contribution in [1.29, 1.82) is 0 Å². The minimum atomic E-state index is -4.38. The zero-order chi connectivity index (χ0) is 15.0. The first-order valence-electron chi connectivity index (χ1n) is 6.10. The minimum Gasteiger partial charge on any atom is -0.307 e. The maximum absolute atomic E-state index is 12.7. The fourth-order valence-corrected chi connectivity index (χ4v) is 2.07. The van der Waals surface area contributed by atoms with Gasteiger partial charge in [0.15, 0.2) is 0 Å². The Hall–Kier alpha value is -2.63. The van der Waals surface area contributed by atoms with Crippen molar-refractivity contribution in [1.82, 2.24) is 9.97 Å². The molecule has 0 unspecified atom stereocenters. The van der Waals surface area contributed by atoms with Gasteiger partial charge in [0.05, 0.1) is 5.56 Å². The highest BCUT2D eigenvalue weighted by Gasteiger charge is 2.30. The number of alkyl halides is 3. The van der Waals surface area contributed by atoms with Gasteiger partial charge in [-0.1, -0.05) is 12.1 Å². The Morgan fingerprint density at radius 3 is 2.57 bits per heavy atom. The summed E-state index contributed by atoms with van der Waals surface area (Å²) < 4.78 is 38.2. The van der Waals surface area contributed by atoms with Crippen LogP contribution in [-0.2, 0) is 6.18 Å². The normalized spacial score (nSPS) is 11.8.